The average Bonchev–Trinajstić information content (AvgIpc) is 3.50. The van der Waals surface area contributed by atoms with E-state index >= 15 is 0 Å². The van der Waals surface area contributed by atoms with Gasteiger partial charge in [-0.1, -0.05) is 77.8 Å². The van der Waals surface area contributed by atoms with E-state index < -0.39 is 0 Å². The van der Waals surface area contributed by atoms with Crippen LogP contribution in [0.25, 0.3) is 16.9 Å². The van der Waals surface area contributed by atoms with E-state index in [1.165, 1.54) is 6.33 Å². The van der Waals surface area contributed by atoms with Crippen LogP contribution in [0.4, 0.5) is 5.95 Å². The van der Waals surface area contributed by atoms with Crippen molar-refractivity contribution in [3.05, 3.63) is 113 Å². The number of nitrogens with zero attached hydrogens (tertiary/aromatic N) is 5. The molecule has 0 atom stereocenters. The molecule has 0 aliphatic heterocycles. The molecule has 0 radical (unpaired) electrons. The van der Waals surface area contributed by atoms with Crippen LogP contribution in [0, 0.1) is 0 Å². The maximum Gasteiger partial charge on any atom is 0.261 e. The van der Waals surface area contributed by atoms with E-state index in [1.54, 1.807) is 33.8 Å². The van der Waals surface area contributed by atoms with Crippen molar-refractivity contribution in [1.29, 1.82) is 0 Å². The smallest absolute Gasteiger partial charge is 0.261 e. The largest absolute Gasteiger partial charge is 0.289 e. The van der Waals surface area contributed by atoms with Crippen molar-refractivity contribution < 1.29 is 4.79 Å². The predicted octanol–water partition coefficient (Wildman–Crippen LogP) is 5.74. The summed E-state index contributed by atoms with van der Waals surface area (Å²) in [5.41, 5.74) is 3.36. The minimum Gasteiger partial charge on any atom is -0.289 e. The fourth-order valence-electron chi connectivity index (χ4n) is 3.50. The highest BCUT2D eigenvalue weighted by Crippen LogP contribution is 2.26. The van der Waals surface area contributed by atoms with E-state index in [-0.39, 0.29) is 11.9 Å². The number of halogens is 2. The highest BCUT2D eigenvalue weighted by molar-refractivity contribution is 6.36. The lowest BCUT2D eigenvalue weighted by Gasteiger charge is -2.06. The van der Waals surface area contributed by atoms with E-state index in [0.29, 0.717) is 27.8 Å². The Morgan fingerprint density at radius 2 is 1.53 bits per heavy atom. The van der Waals surface area contributed by atoms with Gasteiger partial charge in [0, 0.05) is 27.4 Å². The first-order chi connectivity index (χ1) is 16.6. The predicted molar refractivity (Wildman–Crippen MR) is 133 cm³/mol. The van der Waals surface area contributed by atoms with Crippen molar-refractivity contribution in [3.8, 4) is 16.9 Å². The van der Waals surface area contributed by atoms with Crippen LogP contribution in [0.15, 0.2) is 91.4 Å². The molecule has 0 saturated heterocycles. The van der Waals surface area contributed by atoms with Gasteiger partial charge in [-0.15, -0.1) is 5.10 Å². The summed E-state index contributed by atoms with van der Waals surface area (Å²) in [5.74, 6) is -0.200. The Bertz CT molecular complexity index is 1430. The van der Waals surface area contributed by atoms with E-state index in [9.17, 15) is 4.79 Å². The molecule has 34 heavy (non-hydrogen) atoms. The summed E-state index contributed by atoms with van der Waals surface area (Å²) in [4.78, 5) is 17.4. The number of para-hydroxylation sites is 1. The minimum atomic E-state index is -0.366. The molecule has 168 valence electrons. The Morgan fingerprint density at radius 3 is 2.24 bits per heavy atom. The van der Waals surface area contributed by atoms with Crippen molar-refractivity contribution in [2.45, 2.75) is 6.54 Å². The van der Waals surface area contributed by atoms with Crippen molar-refractivity contribution in [3.63, 3.8) is 0 Å². The summed E-state index contributed by atoms with van der Waals surface area (Å²) in [6.45, 7) is 0.322. The second kappa shape index (κ2) is 9.51. The SMILES string of the molecule is O=C(Nc1ncn(Cc2c(Cl)cccc2Cl)n1)c1cn(-c2ccccc2)nc1-c1ccccc1. The quantitative estimate of drug-likeness (QED) is 0.330. The highest BCUT2D eigenvalue weighted by atomic mass is 35.5. The fourth-order valence-corrected chi connectivity index (χ4v) is 4.02. The summed E-state index contributed by atoms with van der Waals surface area (Å²) in [6, 6.07) is 24.5. The number of carbonyl (C=O) groups is 1. The number of nitrogens with one attached hydrogen (secondary N) is 1. The van der Waals surface area contributed by atoms with E-state index in [0.717, 1.165) is 16.8 Å². The third-order valence-corrected chi connectivity index (χ3v) is 5.88. The molecule has 3 aromatic carbocycles. The molecular weight excluding hydrogens is 471 g/mol. The average molecular weight is 489 g/mol. The van der Waals surface area contributed by atoms with Crippen LogP contribution in [0.3, 0.4) is 0 Å². The number of benzene rings is 3. The van der Waals surface area contributed by atoms with Crippen molar-refractivity contribution >= 4 is 35.1 Å². The molecule has 7 nitrogen and oxygen atoms in total. The third-order valence-electron chi connectivity index (χ3n) is 5.17. The molecule has 2 heterocycles. The summed E-state index contributed by atoms with van der Waals surface area (Å²) >= 11 is 12.5. The van der Waals surface area contributed by atoms with Crippen LogP contribution in [0.2, 0.25) is 10.0 Å². The van der Waals surface area contributed by atoms with Crippen LogP contribution in [0.5, 0.6) is 0 Å². The summed E-state index contributed by atoms with van der Waals surface area (Å²) in [6.07, 6.45) is 3.22. The third kappa shape index (κ3) is 4.57. The van der Waals surface area contributed by atoms with E-state index in [2.05, 4.69) is 20.5 Å². The second-order valence-electron chi connectivity index (χ2n) is 7.46. The van der Waals surface area contributed by atoms with Crippen molar-refractivity contribution in [2.24, 2.45) is 0 Å². The molecule has 2 aromatic heterocycles. The lowest BCUT2D eigenvalue weighted by molar-refractivity contribution is 0.102. The van der Waals surface area contributed by atoms with E-state index in [1.807, 2.05) is 60.7 Å². The van der Waals surface area contributed by atoms with Gasteiger partial charge in [0.1, 0.15) is 12.0 Å². The lowest BCUT2D eigenvalue weighted by Crippen LogP contribution is -2.14. The molecule has 9 heteroatoms. The van der Waals surface area contributed by atoms with Gasteiger partial charge in [0.05, 0.1) is 17.8 Å². The van der Waals surface area contributed by atoms with Crippen LogP contribution in [0.1, 0.15) is 15.9 Å². The van der Waals surface area contributed by atoms with Gasteiger partial charge in [-0.2, -0.15) is 5.10 Å². The Kier molecular flexibility index (Phi) is 6.12. The second-order valence-corrected chi connectivity index (χ2v) is 8.27. The summed E-state index contributed by atoms with van der Waals surface area (Å²) in [5, 5.41) is 12.9. The molecule has 0 unspecified atom stereocenters. The first-order valence-electron chi connectivity index (χ1n) is 10.4. The van der Waals surface area contributed by atoms with Gasteiger partial charge in [0.2, 0.25) is 5.95 Å². The van der Waals surface area contributed by atoms with E-state index in [4.69, 9.17) is 23.2 Å². The van der Waals surface area contributed by atoms with Crippen LogP contribution in [-0.4, -0.2) is 30.5 Å². The first-order valence-corrected chi connectivity index (χ1v) is 11.2. The highest BCUT2D eigenvalue weighted by Gasteiger charge is 2.20. The Morgan fingerprint density at radius 1 is 0.853 bits per heavy atom. The zero-order valence-electron chi connectivity index (χ0n) is 17.8. The van der Waals surface area contributed by atoms with Gasteiger partial charge in [0.15, 0.2) is 0 Å². The summed E-state index contributed by atoms with van der Waals surface area (Å²) in [7, 11) is 0. The van der Waals surface area contributed by atoms with Crippen molar-refractivity contribution in [1.82, 2.24) is 24.5 Å². The number of carbonyl (C=O) groups excluding carboxylic acids is 1. The Hall–Kier alpha value is -3.94. The van der Waals surface area contributed by atoms with Gasteiger partial charge in [0.25, 0.3) is 5.91 Å². The molecule has 0 aliphatic carbocycles. The molecular formula is C25H18Cl2N6O. The minimum absolute atomic E-state index is 0.166. The number of hydrogen-bond acceptors (Lipinski definition) is 4. The van der Waals surface area contributed by atoms with Gasteiger partial charge < -0.3 is 0 Å². The van der Waals surface area contributed by atoms with Gasteiger partial charge in [-0.05, 0) is 24.3 Å². The molecule has 1 amide bonds. The molecule has 5 aromatic rings. The number of hydrogen-bond donors (Lipinski definition) is 1. The van der Waals surface area contributed by atoms with Crippen LogP contribution in [-0.2, 0) is 6.54 Å². The molecule has 0 saturated carbocycles. The zero-order chi connectivity index (χ0) is 23.5. The molecule has 0 spiro atoms. The van der Waals surface area contributed by atoms with Crippen molar-refractivity contribution in [2.75, 3.05) is 5.32 Å². The molecule has 0 fully saturated rings. The van der Waals surface area contributed by atoms with Gasteiger partial charge in [-0.25, -0.2) is 14.3 Å². The monoisotopic (exact) mass is 488 g/mol. The number of rotatable bonds is 6. The Labute approximate surface area is 205 Å². The topological polar surface area (TPSA) is 77.6 Å². The number of amides is 1. The van der Waals surface area contributed by atoms with Crippen LogP contribution < -0.4 is 5.32 Å². The normalized spacial score (nSPS) is 10.9. The maximum absolute atomic E-state index is 13.2. The maximum atomic E-state index is 13.2. The molecule has 5 rings (SSSR count). The summed E-state index contributed by atoms with van der Waals surface area (Å²) < 4.78 is 3.25. The standard InChI is InChI=1S/C25H18Cl2N6O/c26-21-12-7-13-22(27)19(21)14-32-16-28-25(31-32)29-24(34)20-15-33(18-10-5-2-6-11-18)30-23(20)17-8-3-1-4-9-17/h1-13,15-16H,14H2,(H,29,31,34). The first kappa shape index (κ1) is 21.9. The molecule has 1 N–H and O–H groups in total. The van der Waals surface area contributed by atoms with Gasteiger partial charge in [-0.3, -0.25) is 10.1 Å². The van der Waals surface area contributed by atoms with Crippen LogP contribution >= 0.6 is 23.2 Å². The van der Waals surface area contributed by atoms with Gasteiger partial charge >= 0.3 is 0 Å². The fraction of sp³-hybridized carbons (Fsp3) is 0.0400. The molecule has 0 bridgehead atoms. The number of aromatic nitrogens is 5. The molecule has 0 aliphatic rings. The zero-order valence-corrected chi connectivity index (χ0v) is 19.3. The number of anilines is 1. The Balaban J connectivity index is 1.42. The lowest BCUT2D eigenvalue weighted by atomic mass is 10.1.